The van der Waals surface area contributed by atoms with Gasteiger partial charge in [0.1, 0.15) is 13.3 Å². The molecule has 0 spiro atoms. The van der Waals surface area contributed by atoms with E-state index in [0.717, 1.165) is 4.68 Å². The average molecular weight is 396 g/mol. The highest BCUT2D eigenvalue weighted by atomic mass is 79.9. The zero-order chi connectivity index (χ0) is 17.2. The maximum atomic E-state index is 12.8. The lowest BCUT2D eigenvalue weighted by molar-refractivity contribution is -0.142. The molecule has 0 radical (unpaired) electrons. The lowest BCUT2D eigenvalue weighted by Crippen LogP contribution is -2.20. The molecule has 0 saturated carbocycles. The topological polar surface area (TPSA) is 74.0 Å². The van der Waals surface area contributed by atoms with Crippen LogP contribution in [-0.2, 0) is 29.0 Å². The monoisotopic (exact) mass is 395 g/mol. The van der Waals surface area contributed by atoms with Crippen molar-refractivity contribution < 1.29 is 22.7 Å². The molecule has 0 unspecified atom stereocenters. The lowest BCUT2D eigenvalue weighted by Gasteiger charge is -2.05. The van der Waals surface area contributed by atoms with E-state index in [2.05, 4.69) is 31.4 Å². The molecule has 0 aromatic carbocycles. The first-order valence-corrected chi connectivity index (χ1v) is 7.13. The second-order valence-corrected chi connectivity index (χ2v) is 5.43. The van der Waals surface area contributed by atoms with Crippen LogP contribution in [0.4, 0.5) is 18.9 Å². The number of amides is 1. The Balaban J connectivity index is 2.08. The summed E-state index contributed by atoms with van der Waals surface area (Å²) in [7, 11) is 1.50. The van der Waals surface area contributed by atoms with Gasteiger partial charge in [0, 0.05) is 7.11 Å². The van der Waals surface area contributed by atoms with Gasteiger partial charge in [0.2, 0.25) is 5.91 Å². The highest BCUT2D eigenvalue weighted by Crippen LogP contribution is 2.35. The number of aromatic nitrogens is 4. The van der Waals surface area contributed by atoms with Gasteiger partial charge < -0.3 is 10.1 Å². The summed E-state index contributed by atoms with van der Waals surface area (Å²) in [4.78, 5) is 11.9. The maximum Gasteiger partial charge on any atom is 0.436 e. The van der Waals surface area contributed by atoms with Crippen LogP contribution in [0.2, 0.25) is 0 Å². The first kappa shape index (κ1) is 17.5. The second-order valence-electron chi connectivity index (χ2n) is 4.64. The number of carbonyl (C=O) groups excluding carboxylic acids is 1. The van der Waals surface area contributed by atoms with Crippen LogP contribution in [0, 0.1) is 6.92 Å². The highest BCUT2D eigenvalue weighted by molar-refractivity contribution is 9.10. The summed E-state index contributed by atoms with van der Waals surface area (Å²) in [5.41, 5.74) is -0.440. The fourth-order valence-corrected chi connectivity index (χ4v) is 2.34. The van der Waals surface area contributed by atoms with Gasteiger partial charge in [-0.1, -0.05) is 0 Å². The molecule has 7 nitrogen and oxygen atoms in total. The minimum absolute atomic E-state index is 0.175. The molecule has 2 aromatic heterocycles. The lowest BCUT2D eigenvalue weighted by atomic mass is 10.3. The van der Waals surface area contributed by atoms with Gasteiger partial charge in [-0.05, 0) is 22.9 Å². The van der Waals surface area contributed by atoms with E-state index in [0.29, 0.717) is 5.69 Å². The Morgan fingerprint density at radius 2 is 2.17 bits per heavy atom. The van der Waals surface area contributed by atoms with Crippen molar-refractivity contribution in [2.24, 2.45) is 0 Å². The van der Waals surface area contributed by atoms with Crippen LogP contribution in [0.5, 0.6) is 0 Å². The smallest absolute Gasteiger partial charge is 0.362 e. The molecule has 1 N–H and O–H groups in total. The van der Waals surface area contributed by atoms with Gasteiger partial charge in [-0.15, -0.1) is 0 Å². The number of halogens is 4. The normalized spacial score (nSPS) is 11.7. The van der Waals surface area contributed by atoms with Crippen molar-refractivity contribution in [3.8, 4) is 0 Å². The molecule has 1 amide bonds. The number of nitrogens with zero attached hydrogens (tertiary/aromatic N) is 4. The minimum Gasteiger partial charge on any atom is -0.362 e. The van der Waals surface area contributed by atoms with Crippen LogP contribution in [0.1, 0.15) is 11.4 Å². The summed E-state index contributed by atoms with van der Waals surface area (Å²) in [6, 6.07) is 0. The number of nitrogens with one attached hydrogen (secondary N) is 1. The standard InChI is InChI=1S/C12H13BrF3N5O2/c1-7-10(13)11(12(14,15)16)19-21(7)5-9(22)18-8-3-17-20(4-8)6-23-2/h3-4H,5-6H2,1-2H3,(H,18,22). The Labute approximate surface area is 137 Å². The van der Waals surface area contributed by atoms with Crippen LogP contribution >= 0.6 is 15.9 Å². The Bertz CT molecular complexity index is 710. The van der Waals surface area contributed by atoms with E-state index < -0.39 is 17.8 Å². The highest BCUT2D eigenvalue weighted by Gasteiger charge is 2.38. The molecule has 0 atom stereocenters. The Kier molecular flexibility index (Phi) is 5.09. The van der Waals surface area contributed by atoms with E-state index >= 15 is 0 Å². The number of methoxy groups -OCH3 is 1. The number of carbonyl (C=O) groups is 1. The van der Waals surface area contributed by atoms with Crippen molar-refractivity contribution in [3.63, 3.8) is 0 Å². The Hall–Kier alpha value is -1.88. The zero-order valence-corrected chi connectivity index (χ0v) is 13.8. The molecule has 0 bridgehead atoms. The first-order valence-electron chi connectivity index (χ1n) is 6.33. The van der Waals surface area contributed by atoms with E-state index in [-0.39, 0.29) is 23.4 Å². The van der Waals surface area contributed by atoms with Crippen molar-refractivity contribution in [1.29, 1.82) is 0 Å². The number of hydrogen-bond donors (Lipinski definition) is 1. The van der Waals surface area contributed by atoms with Crippen molar-refractivity contribution in [2.45, 2.75) is 26.4 Å². The molecule has 0 aliphatic rings. The SMILES string of the molecule is COCn1cc(NC(=O)Cn2nc(C(F)(F)F)c(Br)c2C)cn1. The van der Waals surface area contributed by atoms with Crippen LogP contribution < -0.4 is 5.32 Å². The van der Waals surface area contributed by atoms with Crippen LogP contribution in [0.3, 0.4) is 0 Å². The zero-order valence-electron chi connectivity index (χ0n) is 12.2. The van der Waals surface area contributed by atoms with Crippen molar-refractivity contribution in [3.05, 3.63) is 28.3 Å². The predicted molar refractivity (Wildman–Crippen MR) is 77.5 cm³/mol. The van der Waals surface area contributed by atoms with E-state index in [4.69, 9.17) is 4.74 Å². The Morgan fingerprint density at radius 3 is 2.74 bits per heavy atom. The quantitative estimate of drug-likeness (QED) is 0.843. The van der Waals surface area contributed by atoms with E-state index in [1.54, 1.807) is 0 Å². The molecular weight excluding hydrogens is 383 g/mol. The Morgan fingerprint density at radius 1 is 1.48 bits per heavy atom. The molecule has 0 aliphatic heterocycles. The first-order chi connectivity index (χ1) is 10.7. The fourth-order valence-electron chi connectivity index (χ4n) is 1.83. The molecule has 2 aromatic rings. The molecule has 126 valence electrons. The second kappa shape index (κ2) is 6.71. The van der Waals surface area contributed by atoms with E-state index in [1.165, 1.54) is 31.1 Å². The third kappa shape index (κ3) is 4.10. The summed E-state index contributed by atoms with van der Waals surface area (Å²) in [5.74, 6) is -0.520. The van der Waals surface area contributed by atoms with Crippen molar-refractivity contribution in [1.82, 2.24) is 19.6 Å². The maximum absolute atomic E-state index is 12.8. The third-order valence-corrected chi connectivity index (χ3v) is 3.82. The number of alkyl halides is 3. The van der Waals surface area contributed by atoms with Gasteiger partial charge >= 0.3 is 6.18 Å². The van der Waals surface area contributed by atoms with Crippen LogP contribution in [0.25, 0.3) is 0 Å². The molecule has 11 heteroatoms. The molecule has 0 fully saturated rings. The summed E-state index contributed by atoms with van der Waals surface area (Å²) < 4.78 is 45.4. The van der Waals surface area contributed by atoms with Gasteiger partial charge in [0.25, 0.3) is 0 Å². The molecule has 0 aliphatic carbocycles. The van der Waals surface area contributed by atoms with Crippen LogP contribution in [0.15, 0.2) is 16.9 Å². The largest absolute Gasteiger partial charge is 0.436 e. The van der Waals surface area contributed by atoms with Crippen molar-refractivity contribution >= 4 is 27.5 Å². The van der Waals surface area contributed by atoms with Crippen molar-refractivity contribution in [2.75, 3.05) is 12.4 Å². The summed E-state index contributed by atoms with van der Waals surface area (Å²) in [6.45, 7) is 1.31. The molecule has 0 saturated heterocycles. The number of ether oxygens (including phenoxy) is 1. The fraction of sp³-hybridized carbons (Fsp3) is 0.417. The van der Waals surface area contributed by atoms with Gasteiger partial charge in [0.15, 0.2) is 5.69 Å². The molecule has 23 heavy (non-hydrogen) atoms. The van der Waals surface area contributed by atoms with E-state index in [1.807, 2.05) is 0 Å². The molecule has 2 rings (SSSR count). The summed E-state index contributed by atoms with van der Waals surface area (Å²) in [6.07, 6.45) is -1.65. The van der Waals surface area contributed by atoms with Gasteiger partial charge in [-0.3, -0.25) is 9.48 Å². The average Bonchev–Trinajstić information content (AvgIpc) is 2.98. The number of rotatable bonds is 5. The number of hydrogen-bond acceptors (Lipinski definition) is 4. The van der Waals surface area contributed by atoms with Gasteiger partial charge in [-0.2, -0.15) is 23.4 Å². The molecular formula is C12H13BrF3N5O2. The number of anilines is 1. The third-order valence-electron chi connectivity index (χ3n) is 2.87. The predicted octanol–water partition coefficient (Wildman–Crippen LogP) is 2.41. The molecule has 2 heterocycles. The van der Waals surface area contributed by atoms with Gasteiger partial charge in [0.05, 0.1) is 28.2 Å². The van der Waals surface area contributed by atoms with E-state index in [9.17, 15) is 18.0 Å². The summed E-state index contributed by atoms with van der Waals surface area (Å²) >= 11 is 2.85. The van der Waals surface area contributed by atoms with Crippen LogP contribution in [-0.4, -0.2) is 32.6 Å². The minimum atomic E-state index is -4.59. The summed E-state index contributed by atoms with van der Waals surface area (Å²) in [5, 5.41) is 9.90. The van der Waals surface area contributed by atoms with Gasteiger partial charge in [-0.25, -0.2) is 4.68 Å².